The van der Waals surface area contributed by atoms with Crippen LogP contribution in [0.3, 0.4) is 0 Å². The molecule has 0 saturated carbocycles. The van der Waals surface area contributed by atoms with Crippen LogP contribution < -0.4 is 20.1 Å². The van der Waals surface area contributed by atoms with Gasteiger partial charge in [0.05, 0.1) is 19.6 Å². The lowest BCUT2D eigenvalue weighted by atomic mass is 10.1. The third-order valence-corrected chi connectivity index (χ3v) is 3.80. The van der Waals surface area contributed by atoms with Gasteiger partial charge >= 0.3 is 12.0 Å². The summed E-state index contributed by atoms with van der Waals surface area (Å²) in [5.74, 6) is 0.188. The third kappa shape index (κ3) is 6.50. The summed E-state index contributed by atoms with van der Waals surface area (Å²) in [6.45, 7) is 2.28. The van der Waals surface area contributed by atoms with Crippen molar-refractivity contribution in [2.24, 2.45) is 0 Å². The monoisotopic (exact) mass is 373 g/mol. The molecule has 1 heterocycles. The number of carbonyl (C=O) groups excluding carboxylic acids is 1. The number of carboxylic acids is 1. The quantitative estimate of drug-likeness (QED) is 0.623. The van der Waals surface area contributed by atoms with Crippen LogP contribution in [0.2, 0.25) is 0 Å². The molecule has 27 heavy (non-hydrogen) atoms. The second-order valence-corrected chi connectivity index (χ2v) is 5.82. The number of rotatable bonds is 9. The van der Waals surface area contributed by atoms with Crippen LogP contribution in [-0.4, -0.2) is 35.7 Å². The molecular weight excluding hydrogens is 350 g/mol. The molecule has 8 heteroatoms. The summed E-state index contributed by atoms with van der Waals surface area (Å²) in [4.78, 5) is 26.3. The smallest absolute Gasteiger partial charge is 0.315 e. The van der Waals surface area contributed by atoms with E-state index in [0.717, 1.165) is 11.1 Å². The maximum Gasteiger partial charge on any atom is 0.315 e. The average molecular weight is 373 g/mol. The highest BCUT2D eigenvalue weighted by atomic mass is 16.5. The SMILES string of the molecule is COc1cc(C(C)NC(=O)NCCC(=O)O)ccc1OCc1ccncc1. The van der Waals surface area contributed by atoms with Crippen molar-refractivity contribution in [3.8, 4) is 11.5 Å². The Morgan fingerprint density at radius 2 is 1.93 bits per heavy atom. The first-order chi connectivity index (χ1) is 13.0. The molecule has 1 aromatic carbocycles. The van der Waals surface area contributed by atoms with E-state index in [1.807, 2.05) is 25.1 Å². The van der Waals surface area contributed by atoms with E-state index in [1.54, 1.807) is 31.6 Å². The van der Waals surface area contributed by atoms with E-state index >= 15 is 0 Å². The second-order valence-electron chi connectivity index (χ2n) is 5.82. The van der Waals surface area contributed by atoms with E-state index in [2.05, 4.69) is 15.6 Å². The Balaban J connectivity index is 1.95. The van der Waals surface area contributed by atoms with Crippen molar-refractivity contribution < 1.29 is 24.2 Å². The number of aromatic nitrogens is 1. The predicted octanol–water partition coefficient (Wildman–Crippen LogP) is 2.50. The number of benzene rings is 1. The fourth-order valence-electron chi connectivity index (χ4n) is 2.33. The lowest BCUT2D eigenvalue weighted by Crippen LogP contribution is -2.38. The van der Waals surface area contributed by atoms with Gasteiger partial charge in [0.25, 0.3) is 0 Å². The topological polar surface area (TPSA) is 110 Å². The largest absolute Gasteiger partial charge is 0.493 e. The minimum atomic E-state index is -0.963. The van der Waals surface area contributed by atoms with Crippen LogP contribution in [0.15, 0.2) is 42.7 Å². The van der Waals surface area contributed by atoms with Crippen molar-refractivity contribution in [1.29, 1.82) is 0 Å². The number of nitrogens with one attached hydrogen (secondary N) is 2. The highest BCUT2D eigenvalue weighted by molar-refractivity contribution is 5.75. The lowest BCUT2D eigenvalue weighted by molar-refractivity contribution is -0.136. The van der Waals surface area contributed by atoms with Gasteiger partial charge < -0.3 is 25.2 Å². The van der Waals surface area contributed by atoms with Crippen molar-refractivity contribution in [3.05, 3.63) is 53.9 Å². The number of aliphatic carboxylic acids is 1. The van der Waals surface area contributed by atoms with Crippen LogP contribution in [0.4, 0.5) is 4.79 Å². The first-order valence-electron chi connectivity index (χ1n) is 8.45. The first-order valence-corrected chi connectivity index (χ1v) is 8.45. The minimum absolute atomic E-state index is 0.0684. The van der Waals surface area contributed by atoms with Gasteiger partial charge in [-0.05, 0) is 42.3 Å². The molecule has 0 spiro atoms. The predicted molar refractivity (Wildman–Crippen MR) is 98.8 cm³/mol. The van der Waals surface area contributed by atoms with Crippen LogP contribution in [0, 0.1) is 0 Å². The molecule has 3 N–H and O–H groups in total. The molecule has 0 aliphatic rings. The number of carboxylic acid groups (broad SMARTS) is 1. The van der Waals surface area contributed by atoms with Gasteiger partial charge in [0.1, 0.15) is 6.61 Å². The van der Waals surface area contributed by atoms with E-state index < -0.39 is 12.0 Å². The number of hydrogen-bond acceptors (Lipinski definition) is 5. The molecule has 2 amide bonds. The van der Waals surface area contributed by atoms with Gasteiger partial charge in [0.15, 0.2) is 11.5 Å². The Morgan fingerprint density at radius 3 is 2.59 bits per heavy atom. The van der Waals surface area contributed by atoms with Crippen molar-refractivity contribution in [2.45, 2.75) is 26.0 Å². The molecule has 2 aromatic rings. The molecule has 1 atom stereocenters. The Hall–Kier alpha value is -3.29. The standard InChI is InChI=1S/C19H23N3O5/c1-13(22-19(25)21-10-7-18(23)24)15-3-4-16(17(11-15)26-2)27-12-14-5-8-20-9-6-14/h3-6,8-9,11,13H,7,10,12H2,1-2H3,(H,23,24)(H2,21,22,25). The first kappa shape index (κ1) is 20.0. The number of methoxy groups -OCH3 is 1. The number of hydrogen-bond donors (Lipinski definition) is 3. The van der Waals surface area contributed by atoms with Gasteiger partial charge in [-0.15, -0.1) is 0 Å². The number of pyridine rings is 1. The van der Waals surface area contributed by atoms with Crippen LogP contribution in [0.25, 0.3) is 0 Å². The lowest BCUT2D eigenvalue weighted by Gasteiger charge is -2.17. The molecule has 1 unspecified atom stereocenters. The van der Waals surface area contributed by atoms with E-state index in [4.69, 9.17) is 14.6 Å². The van der Waals surface area contributed by atoms with Crippen LogP contribution in [-0.2, 0) is 11.4 Å². The summed E-state index contributed by atoms with van der Waals surface area (Å²) in [5.41, 5.74) is 1.82. The van der Waals surface area contributed by atoms with Crippen LogP contribution in [0.1, 0.15) is 30.5 Å². The van der Waals surface area contributed by atoms with E-state index in [-0.39, 0.29) is 19.0 Å². The van der Waals surface area contributed by atoms with Crippen molar-refractivity contribution >= 4 is 12.0 Å². The molecule has 8 nitrogen and oxygen atoms in total. The van der Waals surface area contributed by atoms with Gasteiger partial charge in [-0.25, -0.2) is 4.79 Å². The summed E-state index contributed by atoms with van der Waals surface area (Å²) in [5, 5.41) is 13.8. The Kier molecular flexibility index (Phi) is 7.42. The molecule has 0 fully saturated rings. The fourth-order valence-corrected chi connectivity index (χ4v) is 2.33. The Bertz CT molecular complexity index is 767. The number of carbonyl (C=O) groups is 2. The van der Waals surface area contributed by atoms with Gasteiger partial charge in [-0.2, -0.15) is 0 Å². The molecule has 144 valence electrons. The average Bonchev–Trinajstić information content (AvgIpc) is 2.66. The molecule has 1 aromatic heterocycles. The zero-order valence-corrected chi connectivity index (χ0v) is 15.3. The minimum Gasteiger partial charge on any atom is -0.493 e. The molecule has 2 rings (SSSR count). The summed E-state index contributed by atoms with van der Waals surface area (Å²) in [7, 11) is 1.55. The van der Waals surface area contributed by atoms with Crippen molar-refractivity contribution in [1.82, 2.24) is 15.6 Å². The van der Waals surface area contributed by atoms with Crippen molar-refractivity contribution in [3.63, 3.8) is 0 Å². The molecule has 0 aliphatic carbocycles. The second kappa shape index (κ2) is 10.0. The van der Waals surface area contributed by atoms with Crippen LogP contribution >= 0.6 is 0 Å². The van der Waals surface area contributed by atoms with Crippen LogP contribution in [0.5, 0.6) is 11.5 Å². The van der Waals surface area contributed by atoms with E-state index in [9.17, 15) is 9.59 Å². The summed E-state index contributed by atoms with van der Waals surface area (Å²) in [6.07, 6.45) is 3.28. The van der Waals surface area contributed by atoms with Gasteiger partial charge in [-0.1, -0.05) is 6.07 Å². The summed E-state index contributed by atoms with van der Waals surface area (Å²) < 4.78 is 11.2. The summed E-state index contributed by atoms with van der Waals surface area (Å²) >= 11 is 0. The van der Waals surface area contributed by atoms with Gasteiger partial charge in [0, 0.05) is 18.9 Å². The number of nitrogens with zero attached hydrogens (tertiary/aromatic N) is 1. The van der Waals surface area contributed by atoms with E-state index in [0.29, 0.717) is 18.1 Å². The molecule has 0 aliphatic heterocycles. The van der Waals surface area contributed by atoms with Crippen molar-refractivity contribution in [2.75, 3.05) is 13.7 Å². The van der Waals surface area contributed by atoms with Gasteiger partial charge in [0.2, 0.25) is 0 Å². The molecule has 0 saturated heterocycles. The molecule has 0 radical (unpaired) electrons. The fraction of sp³-hybridized carbons (Fsp3) is 0.316. The zero-order valence-electron chi connectivity index (χ0n) is 15.3. The number of amides is 2. The van der Waals surface area contributed by atoms with Gasteiger partial charge in [-0.3, -0.25) is 9.78 Å². The normalized spacial score (nSPS) is 11.3. The number of urea groups is 1. The molecule has 0 bridgehead atoms. The Morgan fingerprint density at radius 1 is 1.19 bits per heavy atom. The maximum absolute atomic E-state index is 11.8. The third-order valence-electron chi connectivity index (χ3n) is 3.80. The Labute approximate surface area is 157 Å². The zero-order chi connectivity index (χ0) is 19.6. The van der Waals surface area contributed by atoms with E-state index in [1.165, 1.54) is 0 Å². The highest BCUT2D eigenvalue weighted by Gasteiger charge is 2.13. The maximum atomic E-state index is 11.8. The molecular formula is C19H23N3O5. The number of ether oxygens (including phenoxy) is 2. The highest BCUT2D eigenvalue weighted by Crippen LogP contribution is 2.30. The summed E-state index contributed by atoms with van der Waals surface area (Å²) in [6, 6.07) is 8.44.